The van der Waals surface area contributed by atoms with E-state index < -0.39 is 10.1 Å². The molecule has 32 heavy (non-hydrogen) atoms. The minimum absolute atomic E-state index is 0. The van der Waals surface area contributed by atoms with E-state index in [1.54, 1.807) is 0 Å². The summed E-state index contributed by atoms with van der Waals surface area (Å²) in [5.74, 6) is -0.273. The third-order valence-electron chi connectivity index (χ3n) is 6.11. The molecule has 5 N–H and O–H groups in total. The monoisotopic (exact) mass is 471 g/mol. The van der Waals surface area contributed by atoms with Gasteiger partial charge in [0.2, 0.25) is 0 Å². The first kappa shape index (κ1) is 30.9. The number of aromatic hydroxyl groups is 1. The smallest absolute Gasteiger partial charge is 0.298 e. The molecular weight excluding hydrogens is 422 g/mol. The van der Waals surface area contributed by atoms with Crippen molar-refractivity contribution in [2.45, 2.75) is 134 Å². The fourth-order valence-electron chi connectivity index (χ4n) is 4.17. The fraction of sp³-hybridized carbons (Fsp3) is 0.769. The molecule has 0 aromatic heterocycles. The van der Waals surface area contributed by atoms with Gasteiger partial charge in [0.1, 0.15) is 10.6 Å². The first-order valence-electron chi connectivity index (χ1n) is 12.7. The summed E-state index contributed by atoms with van der Waals surface area (Å²) in [4.78, 5) is -0.335. The Hall–Kier alpha value is -1.11. The molecule has 1 rings (SSSR count). The van der Waals surface area contributed by atoms with E-state index in [9.17, 15) is 18.1 Å². The molecule has 0 radical (unpaired) electrons. The summed E-state index contributed by atoms with van der Waals surface area (Å²) in [7, 11) is -4.42. The Morgan fingerprint density at radius 3 is 1.50 bits per heavy atom. The summed E-state index contributed by atoms with van der Waals surface area (Å²) in [6, 6.07) is 3.38. The van der Waals surface area contributed by atoms with E-state index in [0.717, 1.165) is 37.7 Å². The molecule has 6 heteroatoms. The largest absolute Gasteiger partial charge is 0.506 e. The van der Waals surface area contributed by atoms with Crippen LogP contribution in [0.2, 0.25) is 0 Å². The Kier molecular flexibility index (Phi) is 17.7. The van der Waals surface area contributed by atoms with E-state index in [0.29, 0.717) is 12.0 Å². The molecule has 0 saturated heterocycles. The molecule has 0 saturated carbocycles. The highest BCUT2D eigenvalue weighted by atomic mass is 32.2. The molecule has 0 unspecified atom stereocenters. The third kappa shape index (κ3) is 13.4. The summed E-state index contributed by atoms with van der Waals surface area (Å²) in [5, 5.41) is 10.4. The van der Waals surface area contributed by atoms with Crippen LogP contribution in [0.3, 0.4) is 0 Å². The van der Waals surface area contributed by atoms with Crippen molar-refractivity contribution in [1.82, 2.24) is 6.15 Å². The van der Waals surface area contributed by atoms with Crippen LogP contribution in [0.15, 0.2) is 17.0 Å². The summed E-state index contributed by atoms with van der Waals surface area (Å²) < 4.78 is 33.0. The van der Waals surface area contributed by atoms with Crippen LogP contribution in [0.5, 0.6) is 5.75 Å². The highest BCUT2D eigenvalue weighted by Crippen LogP contribution is 2.31. The molecule has 0 aliphatic heterocycles. The number of phenolic OH excluding ortho intramolecular Hbond substituents is 1. The first-order valence-corrected chi connectivity index (χ1v) is 14.2. The van der Waals surface area contributed by atoms with E-state index in [2.05, 4.69) is 13.8 Å². The molecule has 1 aromatic rings. The lowest BCUT2D eigenvalue weighted by atomic mass is 9.99. The van der Waals surface area contributed by atoms with Crippen molar-refractivity contribution >= 4 is 10.1 Å². The average molecular weight is 472 g/mol. The molecule has 0 aliphatic rings. The zero-order valence-electron chi connectivity index (χ0n) is 20.7. The Morgan fingerprint density at radius 1 is 0.656 bits per heavy atom. The van der Waals surface area contributed by atoms with Crippen LogP contribution >= 0.6 is 0 Å². The van der Waals surface area contributed by atoms with Crippen LogP contribution in [0.4, 0.5) is 0 Å². The fourth-order valence-corrected chi connectivity index (χ4v) is 4.85. The molecule has 1 aromatic carbocycles. The van der Waals surface area contributed by atoms with Crippen molar-refractivity contribution < 1.29 is 18.1 Å². The van der Waals surface area contributed by atoms with Gasteiger partial charge < -0.3 is 11.3 Å². The lowest BCUT2D eigenvalue weighted by Crippen LogP contribution is -2.03. The predicted octanol–water partition coefficient (Wildman–Crippen LogP) is 8.17. The van der Waals surface area contributed by atoms with Gasteiger partial charge in [-0.3, -0.25) is 4.55 Å². The molecule has 0 bridgehead atoms. The second-order valence-corrected chi connectivity index (χ2v) is 10.4. The summed E-state index contributed by atoms with van der Waals surface area (Å²) >= 11 is 0. The summed E-state index contributed by atoms with van der Waals surface area (Å²) in [5.41, 5.74) is 1.54. The number of hydrogen-bond acceptors (Lipinski definition) is 4. The standard InChI is InChI=1S/C26H46O4S.H3N/c1-3-5-7-9-11-12-13-14-16-18-20-24-21-23(19-17-15-10-8-6-4-2)22-25(26(24)27)31(28,29)30;/h21-22,27H,3-20H2,1-2H3,(H,28,29,30);1H3. The summed E-state index contributed by atoms with van der Waals surface area (Å²) in [6.45, 7) is 4.44. The van der Waals surface area contributed by atoms with Gasteiger partial charge in [-0.1, -0.05) is 110 Å². The molecule has 0 heterocycles. The van der Waals surface area contributed by atoms with Gasteiger partial charge in [0.15, 0.2) is 0 Å². The second-order valence-electron chi connectivity index (χ2n) is 9.03. The third-order valence-corrected chi connectivity index (χ3v) is 6.98. The normalized spacial score (nSPS) is 11.5. The number of phenols is 1. The van der Waals surface area contributed by atoms with Crippen LogP contribution < -0.4 is 6.15 Å². The number of unbranched alkanes of at least 4 members (excludes halogenated alkanes) is 14. The number of rotatable bonds is 19. The highest BCUT2D eigenvalue weighted by molar-refractivity contribution is 7.86. The maximum Gasteiger partial charge on any atom is 0.298 e. The van der Waals surface area contributed by atoms with Crippen molar-refractivity contribution in [2.75, 3.05) is 0 Å². The van der Waals surface area contributed by atoms with Gasteiger partial charge in [0.25, 0.3) is 10.1 Å². The van der Waals surface area contributed by atoms with Crippen molar-refractivity contribution in [3.05, 3.63) is 23.3 Å². The number of hydrogen-bond donors (Lipinski definition) is 3. The lowest BCUT2D eigenvalue weighted by Gasteiger charge is -2.12. The molecular formula is C26H49NO4S. The topological polar surface area (TPSA) is 110 Å². The van der Waals surface area contributed by atoms with Crippen molar-refractivity contribution in [3.63, 3.8) is 0 Å². The summed E-state index contributed by atoms with van der Waals surface area (Å²) in [6.07, 6.45) is 20.8. The Balaban J connectivity index is 0.00000961. The van der Waals surface area contributed by atoms with Gasteiger partial charge in [0, 0.05) is 0 Å². The van der Waals surface area contributed by atoms with Crippen LogP contribution in [0.25, 0.3) is 0 Å². The van der Waals surface area contributed by atoms with Gasteiger partial charge in [0.05, 0.1) is 0 Å². The molecule has 0 spiro atoms. The van der Waals surface area contributed by atoms with E-state index >= 15 is 0 Å². The van der Waals surface area contributed by atoms with Crippen LogP contribution in [0.1, 0.15) is 128 Å². The average Bonchev–Trinajstić information content (AvgIpc) is 2.72. The Bertz CT molecular complexity index is 704. The quantitative estimate of drug-likeness (QED) is 0.139. The van der Waals surface area contributed by atoms with E-state index in [-0.39, 0.29) is 16.8 Å². The zero-order chi connectivity index (χ0) is 23.0. The lowest BCUT2D eigenvalue weighted by molar-refractivity contribution is 0.436. The van der Waals surface area contributed by atoms with E-state index in [1.807, 2.05) is 6.07 Å². The molecule has 0 amide bonds. The molecule has 0 atom stereocenters. The van der Waals surface area contributed by atoms with Gasteiger partial charge in [-0.25, -0.2) is 0 Å². The van der Waals surface area contributed by atoms with Crippen LogP contribution in [-0.4, -0.2) is 18.1 Å². The zero-order valence-corrected chi connectivity index (χ0v) is 21.5. The SMILES string of the molecule is CCCCCCCCCCCCc1cc(CCCCCCCC)cc(S(=O)(=O)O)c1O.N. The van der Waals surface area contributed by atoms with Crippen molar-refractivity contribution in [1.29, 1.82) is 0 Å². The van der Waals surface area contributed by atoms with Crippen molar-refractivity contribution in [3.8, 4) is 5.75 Å². The van der Waals surface area contributed by atoms with Gasteiger partial charge in [-0.05, 0) is 42.9 Å². The molecule has 188 valence electrons. The maximum atomic E-state index is 11.7. The molecule has 0 aliphatic carbocycles. The maximum absolute atomic E-state index is 11.7. The van der Waals surface area contributed by atoms with Crippen LogP contribution in [-0.2, 0) is 23.0 Å². The minimum Gasteiger partial charge on any atom is -0.506 e. The highest BCUT2D eigenvalue weighted by Gasteiger charge is 2.19. The predicted molar refractivity (Wildman–Crippen MR) is 136 cm³/mol. The molecule has 0 fully saturated rings. The van der Waals surface area contributed by atoms with Crippen molar-refractivity contribution in [2.24, 2.45) is 0 Å². The van der Waals surface area contributed by atoms with Gasteiger partial charge in [-0.15, -0.1) is 0 Å². The Labute approximate surface area is 197 Å². The number of benzene rings is 1. The molecule has 5 nitrogen and oxygen atoms in total. The Morgan fingerprint density at radius 2 is 1.06 bits per heavy atom. The first-order chi connectivity index (χ1) is 14.9. The second kappa shape index (κ2) is 18.3. The number of aryl methyl sites for hydroxylation is 2. The van der Waals surface area contributed by atoms with Crippen LogP contribution in [0, 0.1) is 0 Å². The van der Waals surface area contributed by atoms with Gasteiger partial charge >= 0.3 is 0 Å². The van der Waals surface area contributed by atoms with E-state index in [1.165, 1.54) is 83.1 Å². The minimum atomic E-state index is -4.42. The van der Waals surface area contributed by atoms with Gasteiger partial charge in [-0.2, -0.15) is 8.42 Å². The van der Waals surface area contributed by atoms with E-state index in [4.69, 9.17) is 0 Å².